The van der Waals surface area contributed by atoms with E-state index < -0.39 is 0 Å². The average molecular weight is 453 g/mol. The van der Waals surface area contributed by atoms with E-state index >= 15 is 0 Å². The van der Waals surface area contributed by atoms with Gasteiger partial charge in [0.25, 0.3) is 0 Å². The van der Waals surface area contributed by atoms with Gasteiger partial charge in [0.05, 0.1) is 8.95 Å². The van der Waals surface area contributed by atoms with Crippen LogP contribution in [0.2, 0.25) is 0 Å². The van der Waals surface area contributed by atoms with Crippen molar-refractivity contribution in [1.82, 2.24) is 0 Å². The highest BCUT2D eigenvalue weighted by Gasteiger charge is 2.07. The summed E-state index contributed by atoms with van der Waals surface area (Å²) in [6.45, 7) is 0.310. The summed E-state index contributed by atoms with van der Waals surface area (Å²) in [5, 5.41) is 0.793. The Bertz CT molecular complexity index is 587. The van der Waals surface area contributed by atoms with Crippen molar-refractivity contribution in [3.63, 3.8) is 0 Å². The van der Waals surface area contributed by atoms with Crippen molar-refractivity contribution in [2.45, 2.75) is 11.9 Å². The molecular formula is C14H10Br3FO. The van der Waals surface area contributed by atoms with Crippen LogP contribution in [-0.2, 0) is 11.9 Å². The Kier molecular flexibility index (Phi) is 5.42. The van der Waals surface area contributed by atoms with Crippen molar-refractivity contribution < 1.29 is 9.13 Å². The van der Waals surface area contributed by atoms with Crippen molar-refractivity contribution in [2.24, 2.45) is 0 Å². The van der Waals surface area contributed by atoms with Gasteiger partial charge in [-0.1, -0.05) is 34.1 Å². The Morgan fingerprint density at radius 1 is 1.11 bits per heavy atom. The Labute approximate surface area is 136 Å². The summed E-state index contributed by atoms with van der Waals surface area (Å²) < 4.78 is 20.4. The summed E-state index contributed by atoms with van der Waals surface area (Å²) in [6.07, 6.45) is 0. The molecule has 0 heterocycles. The summed E-state index contributed by atoms with van der Waals surface area (Å²) in [6, 6.07) is 10.8. The van der Waals surface area contributed by atoms with Crippen molar-refractivity contribution in [3.05, 3.63) is 62.3 Å². The molecule has 0 N–H and O–H groups in total. The minimum atomic E-state index is -0.283. The third kappa shape index (κ3) is 3.80. The van der Waals surface area contributed by atoms with Crippen molar-refractivity contribution in [2.75, 3.05) is 0 Å². The maximum absolute atomic E-state index is 13.4. The number of hydrogen-bond donors (Lipinski definition) is 0. The van der Waals surface area contributed by atoms with Crippen molar-refractivity contribution >= 4 is 47.8 Å². The second-order valence-electron chi connectivity index (χ2n) is 3.90. The molecule has 5 heteroatoms. The van der Waals surface area contributed by atoms with Gasteiger partial charge in [-0.2, -0.15) is 0 Å². The summed E-state index contributed by atoms with van der Waals surface area (Å²) in [7, 11) is 0. The number of rotatable bonds is 4. The van der Waals surface area contributed by atoms with Gasteiger partial charge in [0.15, 0.2) is 0 Å². The van der Waals surface area contributed by atoms with E-state index in [1.54, 1.807) is 6.07 Å². The van der Waals surface area contributed by atoms with Crippen molar-refractivity contribution in [1.29, 1.82) is 0 Å². The first-order valence-corrected chi connectivity index (χ1v) is 8.22. The molecule has 19 heavy (non-hydrogen) atoms. The maximum atomic E-state index is 13.4. The fourth-order valence-corrected chi connectivity index (χ4v) is 2.83. The summed E-state index contributed by atoms with van der Waals surface area (Å²) in [5.41, 5.74) is 1.93. The topological polar surface area (TPSA) is 9.23 Å². The molecule has 0 aliphatic carbocycles. The van der Waals surface area contributed by atoms with Crippen LogP contribution in [0.4, 0.5) is 4.39 Å². The zero-order valence-electron chi connectivity index (χ0n) is 9.80. The highest BCUT2D eigenvalue weighted by Crippen LogP contribution is 2.29. The van der Waals surface area contributed by atoms with Crippen LogP contribution in [0, 0.1) is 5.82 Å². The van der Waals surface area contributed by atoms with Gasteiger partial charge in [-0.25, -0.2) is 4.39 Å². The quantitative estimate of drug-likeness (QED) is 0.531. The summed E-state index contributed by atoms with van der Waals surface area (Å²) in [4.78, 5) is 0. The van der Waals surface area contributed by atoms with E-state index in [0.29, 0.717) is 11.1 Å². The number of halogens is 4. The average Bonchev–Trinajstić information content (AvgIpc) is 2.41. The Balaban J connectivity index is 2.12. The number of alkyl halides is 1. The van der Waals surface area contributed by atoms with Gasteiger partial charge in [-0.3, -0.25) is 0 Å². The summed E-state index contributed by atoms with van der Waals surface area (Å²) >= 11 is 10.1. The Hall–Kier alpha value is -0.390. The molecule has 0 unspecified atom stereocenters. The molecular weight excluding hydrogens is 443 g/mol. The van der Waals surface area contributed by atoms with Crippen LogP contribution in [0.3, 0.4) is 0 Å². The molecule has 0 aromatic heterocycles. The molecule has 0 bridgehead atoms. The molecule has 2 rings (SSSR count). The van der Waals surface area contributed by atoms with Gasteiger partial charge in [0, 0.05) is 10.9 Å². The Morgan fingerprint density at radius 3 is 2.58 bits per heavy atom. The smallest absolute Gasteiger partial charge is 0.137 e. The molecule has 0 aliphatic rings. The van der Waals surface area contributed by atoms with Gasteiger partial charge in [-0.05, 0) is 55.6 Å². The van der Waals surface area contributed by atoms with Crippen LogP contribution in [0.25, 0.3) is 0 Å². The van der Waals surface area contributed by atoms with E-state index in [9.17, 15) is 4.39 Å². The zero-order chi connectivity index (χ0) is 13.8. The van der Waals surface area contributed by atoms with Gasteiger partial charge >= 0.3 is 0 Å². The van der Waals surface area contributed by atoms with E-state index in [2.05, 4.69) is 47.8 Å². The number of hydrogen-bond acceptors (Lipinski definition) is 1. The molecule has 2 aromatic rings. The fraction of sp³-hybridized carbons (Fsp3) is 0.143. The molecule has 0 saturated carbocycles. The largest absolute Gasteiger partial charge is 0.488 e. The normalized spacial score (nSPS) is 10.5. The third-order valence-corrected chi connectivity index (χ3v) is 4.72. The van der Waals surface area contributed by atoms with Crippen LogP contribution in [0.1, 0.15) is 11.1 Å². The summed E-state index contributed by atoms with van der Waals surface area (Å²) in [5.74, 6) is 0.454. The van der Waals surface area contributed by atoms with E-state index in [-0.39, 0.29) is 5.82 Å². The first-order chi connectivity index (χ1) is 9.11. The van der Waals surface area contributed by atoms with E-state index in [0.717, 1.165) is 26.7 Å². The van der Waals surface area contributed by atoms with Crippen LogP contribution < -0.4 is 4.74 Å². The molecule has 0 fully saturated rings. The minimum Gasteiger partial charge on any atom is -0.488 e. The van der Waals surface area contributed by atoms with E-state index in [1.165, 1.54) is 6.07 Å². The van der Waals surface area contributed by atoms with Crippen LogP contribution in [-0.4, -0.2) is 0 Å². The monoisotopic (exact) mass is 450 g/mol. The van der Waals surface area contributed by atoms with Crippen LogP contribution in [0.15, 0.2) is 45.3 Å². The van der Waals surface area contributed by atoms with Crippen LogP contribution in [0.5, 0.6) is 5.75 Å². The van der Waals surface area contributed by atoms with Gasteiger partial charge < -0.3 is 4.74 Å². The highest BCUT2D eigenvalue weighted by atomic mass is 79.9. The second-order valence-corrected chi connectivity index (χ2v) is 6.11. The van der Waals surface area contributed by atoms with E-state index in [4.69, 9.17) is 4.74 Å². The first kappa shape index (κ1) is 15.0. The lowest BCUT2D eigenvalue weighted by Gasteiger charge is -2.10. The molecule has 0 atom stereocenters. The molecule has 0 saturated heterocycles. The predicted molar refractivity (Wildman–Crippen MR) is 85.2 cm³/mol. The number of benzene rings is 2. The highest BCUT2D eigenvalue weighted by molar-refractivity contribution is 9.11. The second kappa shape index (κ2) is 6.86. The molecule has 100 valence electrons. The third-order valence-electron chi connectivity index (χ3n) is 2.57. The standard InChI is InChI=1S/C14H10Br3FO/c15-7-9-4-5-13(11(16)6-9)19-8-10-2-1-3-12(18)14(10)17/h1-6H,7-8H2. The van der Waals surface area contributed by atoms with Crippen LogP contribution >= 0.6 is 47.8 Å². The Morgan fingerprint density at radius 2 is 1.89 bits per heavy atom. The van der Waals surface area contributed by atoms with E-state index in [1.807, 2.05) is 24.3 Å². The lowest BCUT2D eigenvalue weighted by atomic mass is 10.2. The molecule has 0 spiro atoms. The lowest BCUT2D eigenvalue weighted by molar-refractivity contribution is 0.302. The molecule has 0 radical (unpaired) electrons. The number of ether oxygens (including phenoxy) is 1. The fourth-order valence-electron chi connectivity index (χ4n) is 1.56. The van der Waals surface area contributed by atoms with Gasteiger partial charge in [-0.15, -0.1) is 0 Å². The van der Waals surface area contributed by atoms with Gasteiger partial charge in [0.1, 0.15) is 18.2 Å². The lowest BCUT2D eigenvalue weighted by Crippen LogP contribution is -1.98. The van der Waals surface area contributed by atoms with Gasteiger partial charge in [0.2, 0.25) is 0 Å². The maximum Gasteiger partial charge on any atom is 0.137 e. The molecule has 1 nitrogen and oxygen atoms in total. The predicted octanol–water partition coefficient (Wildman–Crippen LogP) is 5.82. The molecule has 0 amide bonds. The van der Waals surface area contributed by atoms with Crippen molar-refractivity contribution in [3.8, 4) is 5.75 Å². The zero-order valence-corrected chi connectivity index (χ0v) is 14.6. The SMILES string of the molecule is Fc1cccc(COc2ccc(CBr)cc2Br)c1Br. The minimum absolute atomic E-state index is 0.283. The molecule has 0 aliphatic heterocycles. The first-order valence-electron chi connectivity index (χ1n) is 5.52. The molecule has 2 aromatic carbocycles.